The van der Waals surface area contributed by atoms with Crippen LogP contribution in [0.3, 0.4) is 0 Å². The van der Waals surface area contributed by atoms with Crippen molar-refractivity contribution in [2.24, 2.45) is 5.73 Å². The van der Waals surface area contributed by atoms with Crippen LogP contribution in [-0.2, 0) is 0 Å². The van der Waals surface area contributed by atoms with Gasteiger partial charge in [-0.25, -0.2) is 0 Å². The smallest absolute Gasteiger partial charge is 0.164 e. The molecule has 0 aliphatic carbocycles. The van der Waals surface area contributed by atoms with Crippen molar-refractivity contribution in [3.63, 3.8) is 0 Å². The zero-order valence-electron chi connectivity index (χ0n) is 11.9. The molecule has 1 atom stereocenters. The molecule has 1 rings (SSSR count). The van der Waals surface area contributed by atoms with Crippen LogP contribution in [0.15, 0.2) is 18.2 Å². The van der Waals surface area contributed by atoms with E-state index >= 15 is 0 Å². The third-order valence-electron chi connectivity index (χ3n) is 2.84. The third-order valence-corrected chi connectivity index (χ3v) is 2.84. The second kappa shape index (κ2) is 7.79. The van der Waals surface area contributed by atoms with Crippen molar-refractivity contribution in [3.8, 4) is 11.5 Å². The molecule has 0 radical (unpaired) electrons. The maximum atomic E-state index is 12.1. The number of carbonyl (C=O) groups excluding carboxylic acids is 1. The van der Waals surface area contributed by atoms with Gasteiger partial charge in [-0.1, -0.05) is 6.92 Å². The molecule has 0 saturated heterocycles. The van der Waals surface area contributed by atoms with E-state index < -0.39 is 0 Å². The first-order chi connectivity index (χ1) is 9.12. The molecule has 0 aliphatic heterocycles. The highest BCUT2D eigenvalue weighted by Crippen LogP contribution is 2.29. The van der Waals surface area contributed by atoms with E-state index in [2.05, 4.69) is 0 Å². The predicted octanol–water partition coefficient (Wildman–Crippen LogP) is 2.79. The van der Waals surface area contributed by atoms with Gasteiger partial charge in [0.1, 0.15) is 0 Å². The normalized spacial score (nSPS) is 12.0. The van der Waals surface area contributed by atoms with Crippen molar-refractivity contribution < 1.29 is 14.3 Å². The molecule has 0 aliphatic rings. The number of carbonyl (C=O) groups is 1. The Labute approximate surface area is 114 Å². The standard InChI is InChI=1S/C15H23NO3/c1-4-12(16)10-13(17)11-7-8-14(18-5-2)15(9-11)19-6-3/h7-9,12H,4-6,10,16H2,1-3H3. The van der Waals surface area contributed by atoms with E-state index in [0.29, 0.717) is 36.7 Å². The van der Waals surface area contributed by atoms with E-state index in [1.54, 1.807) is 18.2 Å². The minimum Gasteiger partial charge on any atom is -0.490 e. The van der Waals surface area contributed by atoms with Gasteiger partial charge >= 0.3 is 0 Å². The van der Waals surface area contributed by atoms with Gasteiger partial charge < -0.3 is 15.2 Å². The minimum atomic E-state index is -0.0883. The van der Waals surface area contributed by atoms with Crippen LogP contribution in [-0.4, -0.2) is 25.0 Å². The Morgan fingerprint density at radius 1 is 1.16 bits per heavy atom. The zero-order chi connectivity index (χ0) is 14.3. The Kier molecular flexibility index (Phi) is 6.36. The lowest BCUT2D eigenvalue weighted by Crippen LogP contribution is -2.22. The van der Waals surface area contributed by atoms with Crippen molar-refractivity contribution in [1.82, 2.24) is 0 Å². The molecular formula is C15H23NO3. The summed E-state index contributed by atoms with van der Waals surface area (Å²) in [5.74, 6) is 1.32. The molecule has 1 aromatic carbocycles. The van der Waals surface area contributed by atoms with Gasteiger partial charge in [-0.15, -0.1) is 0 Å². The molecule has 0 spiro atoms. The summed E-state index contributed by atoms with van der Waals surface area (Å²) in [6.07, 6.45) is 1.15. The summed E-state index contributed by atoms with van der Waals surface area (Å²) >= 11 is 0. The summed E-state index contributed by atoms with van der Waals surface area (Å²) in [7, 11) is 0. The van der Waals surface area contributed by atoms with Crippen LogP contribution in [0.1, 0.15) is 44.0 Å². The Morgan fingerprint density at radius 3 is 2.37 bits per heavy atom. The first kappa shape index (κ1) is 15.5. The van der Waals surface area contributed by atoms with Crippen LogP contribution in [0.4, 0.5) is 0 Å². The summed E-state index contributed by atoms with van der Waals surface area (Å²) < 4.78 is 11.0. The molecule has 1 aromatic rings. The maximum Gasteiger partial charge on any atom is 0.164 e. The fourth-order valence-corrected chi connectivity index (χ4v) is 1.72. The van der Waals surface area contributed by atoms with E-state index in [1.807, 2.05) is 20.8 Å². The number of ketones is 1. The lowest BCUT2D eigenvalue weighted by atomic mass is 10.0. The first-order valence-corrected chi connectivity index (χ1v) is 6.80. The van der Waals surface area contributed by atoms with Crippen LogP contribution in [0.25, 0.3) is 0 Å². The van der Waals surface area contributed by atoms with Crippen molar-refractivity contribution >= 4 is 5.78 Å². The van der Waals surface area contributed by atoms with Gasteiger partial charge in [0.2, 0.25) is 0 Å². The monoisotopic (exact) mass is 265 g/mol. The van der Waals surface area contributed by atoms with E-state index in [-0.39, 0.29) is 11.8 Å². The largest absolute Gasteiger partial charge is 0.490 e. The van der Waals surface area contributed by atoms with Gasteiger partial charge in [-0.3, -0.25) is 4.79 Å². The molecule has 4 heteroatoms. The number of hydrogen-bond acceptors (Lipinski definition) is 4. The molecule has 2 N–H and O–H groups in total. The van der Waals surface area contributed by atoms with Gasteiger partial charge in [0.15, 0.2) is 17.3 Å². The van der Waals surface area contributed by atoms with Gasteiger partial charge in [0.05, 0.1) is 13.2 Å². The van der Waals surface area contributed by atoms with Gasteiger partial charge in [0, 0.05) is 18.0 Å². The zero-order valence-corrected chi connectivity index (χ0v) is 11.9. The fourth-order valence-electron chi connectivity index (χ4n) is 1.72. The van der Waals surface area contributed by atoms with Crippen molar-refractivity contribution in [2.45, 2.75) is 39.7 Å². The van der Waals surface area contributed by atoms with Crippen LogP contribution < -0.4 is 15.2 Å². The van der Waals surface area contributed by atoms with Gasteiger partial charge in [-0.05, 0) is 38.5 Å². The Hall–Kier alpha value is -1.55. The highest BCUT2D eigenvalue weighted by atomic mass is 16.5. The molecule has 0 bridgehead atoms. The summed E-state index contributed by atoms with van der Waals surface area (Å²) in [6, 6.07) is 5.19. The van der Waals surface area contributed by atoms with Gasteiger partial charge in [-0.2, -0.15) is 0 Å². The molecule has 0 saturated carbocycles. The minimum absolute atomic E-state index is 0.0401. The predicted molar refractivity (Wildman–Crippen MR) is 76.0 cm³/mol. The third kappa shape index (κ3) is 4.56. The highest BCUT2D eigenvalue weighted by molar-refractivity contribution is 5.97. The molecule has 0 amide bonds. The van der Waals surface area contributed by atoms with Crippen LogP contribution in [0, 0.1) is 0 Å². The quantitative estimate of drug-likeness (QED) is 0.734. The number of rotatable bonds is 8. The maximum absolute atomic E-state index is 12.1. The van der Waals surface area contributed by atoms with E-state index in [9.17, 15) is 4.79 Å². The van der Waals surface area contributed by atoms with E-state index in [4.69, 9.17) is 15.2 Å². The lowest BCUT2D eigenvalue weighted by Gasteiger charge is -2.13. The average Bonchev–Trinajstić information content (AvgIpc) is 2.41. The van der Waals surface area contributed by atoms with Crippen LogP contribution in [0.5, 0.6) is 11.5 Å². The molecule has 1 unspecified atom stereocenters. The van der Waals surface area contributed by atoms with Crippen molar-refractivity contribution in [2.75, 3.05) is 13.2 Å². The molecule has 4 nitrogen and oxygen atoms in total. The second-order valence-electron chi connectivity index (χ2n) is 4.32. The molecule has 19 heavy (non-hydrogen) atoms. The lowest BCUT2D eigenvalue weighted by molar-refractivity contribution is 0.0973. The SMILES string of the molecule is CCOc1ccc(C(=O)CC(N)CC)cc1OCC. The van der Waals surface area contributed by atoms with Crippen molar-refractivity contribution in [1.29, 1.82) is 0 Å². The Bertz CT molecular complexity index is 418. The molecule has 0 fully saturated rings. The van der Waals surface area contributed by atoms with Crippen LogP contribution in [0.2, 0.25) is 0 Å². The molecule has 106 valence electrons. The summed E-state index contributed by atoms with van der Waals surface area (Å²) in [5, 5.41) is 0. The highest BCUT2D eigenvalue weighted by Gasteiger charge is 2.13. The molecule has 0 aromatic heterocycles. The number of Topliss-reactive ketones (excluding diaryl/α,β-unsaturated/α-hetero) is 1. The number of nitrogens with two attached hydrogens (primary N) is 1. The fraction of sp³-hybridized carbons (Fsp3) is 0.533. The Morgan fingerprint density at radius 2 is 1.79 bits per heavy atom. The second-order valence-corrected chi connectivity index (χ2v) is 4.32. The van der Waals surface area contributed by atoms with E-state index in [1.165, 1.54) is 0 Å². The summed E-state index contributed by atoms with van der Waals surface area (Å²) in [5.41, 5.74) is 6.43. The number of hydrogen-bond donors (Lipinski definition) is 1. The molecular weight excluding hydrogens is 242 g/mol. The number of ether oxygens (including phenoxy) is 2. The first-order valence-electron chi connectivity index (χ1n) is 6.80. The van der Waals surface area contributed by atoms with Crippen molar-refractivity contribution in [3.05, 3.63) is 23.8 Å². The summed E-state index contributed by atoms with van der Waals surface area (Å²) in [6.45, 7) is 6.88. The molecule has 0 heterocycles. The van der Waals surface area contributed by atoms with Crippen LogP contribution >= 0.6 is 0 Å². The number of benzene rings is 1. The summed E-state index contributed by atoms with van der Waals surface area (Å²) in [4.78, 5) is 12.1. The van der Waals surface area contributed by atoms with E-state index in [0.717, 1.165) is 6.42 Å². The topological polar surface area (TPSA) is 61.5 Å². The van der Waals surface area contributed by atoms with Gasteiger partial charge in [0.25, 0.3) is 0 Å². The average molecular weight is 265 g/mol. The Balaban J connectivity index is 2.90.